The number of hydrogen-bond donors (Lipinski definition) is 2. The molecule has 1 aromatic heterocycles. The molecule has 8 nitrogen and oxygen atoms in total. The summed E-state index contributed by atoms with van der Waals surface area (Å²) in [5.74, 6) is -0.00366. The van der Waals surface area contributed by atoms with Crippen LogP contribution in [0.4, 0.5) is 5.95 Å². The predicted molar refractivity (Wildman–Crippen MR) is 98.4 cm³/mol. The molecule has 25 heavy (non-hydrogen) atoms. The highest BCUT2D eigenvalue weighted by Gasteiger charge is 2.21. The van der Waals surface area contributed by atoms with E-state index >= 15 is 0 Å². The van der Waals surface area contributed by atoms with E-state index in [1.807, 2.05) is 18.7 Å². The van der Waals surface area contributed by atoms with Gasteiger partial charge in [-0.1, -0.05) is 33.1 Å². The smallest absolute Gasteiger partial charge is 0.248 e. The summed E-state index contributed by atoms with van der Waals surface area (Å²) in [5, 5.41) is 6.75. The number of hydrogen-bond acceptors (Lipinski definition) is 5. The number of anilines is 1. The maximum Gasteiger partial charge on any atom is 0.248 e. The topological polar surface area (TPSA) is 106 Å². The van der Waals surface area contributed by atoms with Crippen LogP contribution in [0.3, 0.4) is 0 Å². The highest BCUT2D eigenvalue weighted by molar-refractivity contribution is 5.93. The van der Waals surface area contributed by atoms with E-state index in [4.69, 9.17) is 5.73 Å². The molecular weight excluding hydrogens is 344 g/mol. The first-order chi connectivity index (χ1) is 11.5. The molecule has 3 N–H and O–H groups in total. The molecule has 0 aliphatic carbocycles. The van der Waals surface area contributed by atoms with Gasteiger partial charge in [0.25, 0.3) is 0 Å². The molecule has 2 heterocycles. The van der Waals surface area contributed by atoms with Crippen molar-refractivity contribution < 1.29 is 9.59 Å². The monoisotopic (exact) mass is 372 g/mol. The van der Waals surface area contributed by atoms with E-state index in [0.717, 1.165) is 32.4 Å². The van der Waals surface area contributed by atoms with Crippen LogP contribution in [0.1, 0.15) is 46.0 Å². The van der Waals surface area contributed by atoms with Crippen LogP contribution in [-0.2, 0) is 16.1 Å². The molecule has 0 radical (unpaired) electrons. The number of halogens is 1. The van der Waals surface area contributed by atoms with Crippen LogP contribution in [0.15, 0.2) is 6.33 Å². The predicted octanol–water partition coefficient (Wildman–Crippen LogP) is 1.41. The summed E-state index contributed by atoms with van der Waals surface area (Å²) in [6.45, 7) is 5.66. The van der Waals surface area contributed by atoms with Crippen molar-refractivity contribution in [3.8, 4) is 0 Å². The number of carbonyl (C=O) groups excluding carboxylic acids is 2. The van der Waals surface area contributed by atoms with Gasteiger partial charge in [-0.2, -0.15) is 0 Å². The molecule has 2 rings (SSSR count). The van der Waals surface area contributed by atoms with E-state index in [-0.39, 0.29) is 42.6 Å². The van der Waals surface area contributed by atoms with Gasteiger partial charge in [-0.25, -0.2) is 9.67 Å². The third-order valence-corrected chi connectivity index (χ3v) is 4.59. The Labute approximate surface area is 154 Å². The third kappa shape index (κ3) is 6.28. The van der Waals surface area contributed by atoms with Gasteiger partial charge in [-0.05, 0) is 18.8 Å². The molecular formula is C16H29ClN6O2. The number of nitrogens with two attached hydrogens (primary N) is 1. The Hall–Kier alpha value is -1.67. The van der Waals surface area contributed by atoms with Crippen LogP contribution in [0, 0.1) is 5.92 Å². The van der Waals surface area contributed by atoms with Crippen molar-refractivity contribution in [3.05, 3.63) is 6.33 Å². The first-order valence-corrected chi connectivity index (χ1v) is 8.75. The van der Waals surface area contributed by atoms with Gasteiger partial charge in [0.2, 0.25) is 17.8 Å². The summed E-state index contributed by atoms with van der Waals surface area (Å²) in [6, 6.07) is -0.597. The zero-order valence-corrected chi connectivity index (χ0v) is 15.8. The minimum atomic E-state index is -0.597. The van der Waals surface area contributed by atoms with Gasteiger partial charge in [0.05, 0.1) is 6.04 Å². The Balaban J connectivity index is 0.00000312. The van der Waals surface area contributed by atoms with Crippen molar-refractivity contribution in [3.63, 3.8) is 0 Å². The lowest BCUT2D eigenvalue weighted by Gasteiger charge is -2.19. The lowest BCUT2D eigenvalue weighted by molar-refractivity contribution is -0.132. The molecule has 142 valence electrons. The zero-order valence-electron chi connectivity index (χ0n) is 15.0. The molecule has 1 aliphatic heterocycles. The molecule has 0 aromatic carbocycles. The highest BCUT2D eigenvalue weighted by atomic mass is 35.5. The Bertz CT molecular complexity index is 557. The van der Waals surface area contributed by atoms with Crippen molar-refractivity contribution in [2.75, 3.05) is 18.4 Å². The van der Waals surface area contributed by atoms with Gasteiger partial charge >= 0.3 is 0 Å². The fourth-order valence-electron chi connectivity index (χ4n) is 2.69. The second-order valence-corrected chi connectivity index (χ2v) is 6.46. The lowest BCUT2D eigenvalue weighted by atomic mass is 10.00. The van der Waals surface area contributed by atoms with Gasteiger partial charge in [0.15, 0.2) is 0 Å². The first kappa shape index (κ1) is 21.4. The van der Waals surface area contributed by atoms with Gasteiger partial charge in [0.1, 0.15) is 12.9 Å². The normalized spacial score (nSPS) is 17.2. The Morgan fingerprint density at radius 1 is 1.28 bits per heavy atom. The van der Waals surface area contributed by atoms with E-state index in [1.165, 1.54) is 23.9 Å². The van der Waals surface area contributed by atoms with Gasteiger partial charge in [-0.15, -0.1) is 17.5 Å². The number of nitrogens with zero attached hydrogens (tertiary/aromatic N) is 4. The number of carbonyl (C=O) groups is 2. The van der Waals surface area contributed by atoms with E-state index in [9.17, 15) is 9.59 Å². The average Bonchev–Trinajstić information content (AvgIpc) is 2.84. The van der Waals surface area contributed by atoms with Crippen LogP contribution >= 0.6 is 12.4 Å². The quantitative estimate of drug-likeness (QED) is 0.785. The fourth-order valence-corrected chi connectivity index (χ4v) is 2.69. The SMILES string of the molecule is CCC(C)C(N)C(=O)Nc1ncn(CC(=O)N2CCCCCC2)n1.Cl. The Morgan fingerprint density at radius 3 is 2.52 bits per heavy atom. The minimum Gasteiger partial charge on any atom is -0.341 e. The average molecular weight is 373 g/mol. The maximum absolute atomic E-state index is 12.3. The second kappa shape index (κ2) is 10.4. The fraction of sp³-hybridized carbons (Fsp3) is 0.750. The largest absolute Gasteiger partial charge is 0.341 e. The summed E-state index contributed by atoms with van der Waals surface area (Å²) >= 11 is 0. The number of nitrogens with one attached hydrogen (secondary N) is 1. The van der Waals surface area contributed by atoms with Crippen molar-refractivity contribution in [1.82, 2.24) is 19.7 Å². The molecule has 9 heteroatoms. The van der Waals surface area contributed by atoms with Crippen molar-refractivity contribution in [2.45, 2.75) is 58.5 Å². The summed E-state index contributed by atoms with van der Waals surface area (Å²) < 4.78 is 1.46. The van der Waals surface area contributed by atoms with Crippen LogP contribution in [-0.4, -0.2) is 50.6 Å². The van der Waals surface area contributed by atoms with Crippen molar-refractivity contribution in [2.24, 2.45) is 11.7 Å². The van der Waals surface area contributed by atoms with E-state index in [1.54, 1.807) is 0 Å². The summed E-state index contributed by atoms with van der Waals surface area (Å²) in [5.41, 5.74) is 5.88. The first-order valence-electron chi connectivity index (χ1n) is 8.75. The standard InChI is InChI=1S/C16H28N6O2.ClH/c1-3-12(2)14(17)15(24)19-16-18-11-22(20-16)10-13(23)21-8-6-4-5-7-9-21;/h11-12,14H,3-10,17H2,1-2H3,(H,19,20,24);1H. The molecule has 2 unspecified atom stereocenters. The molecule has 2 atom stereocenters. The van der Waals surface area contributed by atoms with Crippen LogP contribution in [0.25, 0.3) is 0 Å². The summed E-state index contributed by atoms with van der Waals surface area (Å²) in [4.78, 5) is 30.3. The number of likely N-dealkylation sites (tertiary alicyclic amines) is 1. The van der Waals surface area contributed by atoms with Crippen LogP contribution < -0.4 is 11.1 Å². The highest BCUT2D eigenvalue weighted by Crippen LogP contribution is 2.11. The second-order valence-electron chi connectivity index (χ2n) is 6.46. The van der Waals surface area contributed by atoms with E-state index in [0.29, 0.717) is 0 Å². The van der Waals surface area contributed by atoms with Crippen molar-refractivity contribution in [1.29, 1.82) is 0 Å². The van der Waals surface area contributed by atoms with Crippen molar-refractivity contribution >= 4 is 30.2 Å². The summed E-state index contributed by atoms with van der Waals surface area (Å²) in [6.07, 6.45) is 6.75. The molecule has 1 aromatic rings. The Kier molecular flexibility index (Phi) is 8.85. The number of aromatic nitrogens is 3. The van der Waals surface area contributed by atoms with Gasteiger partial charge in [-0.3, -0.25) is 14.9 Å². The maximum atomic E-state index is 12.3. The number of rotatable bonds is 6. The van der Waals surface area contributed by atoms with E-state index in [2.05, 4.69) is 15.4 Å². The molecule has 1 aliphatic rings. The Morgan fingerprint density at radius 2 is 1.92 bits per heavy atom. The molecule has 0 spiro atoms. The number of amides is 2. The van der Waals surface area contributed by atoms with Crippen LogP contribution in [0.2, 0.25) is 0 Å². The lowest BCUT2D eigenvalue weighted by Crippen LogP contribution is -2.40. The molecule has 0 saturated carbocycles. The molecule has 0 bridgehead atoms. The van der Waals surface area contributed by atoms with Crippen LogP contribution in [0.5, 0.6) is 0 Å². The summed E-state index contributed by atoms with van der Waals surface area (Å²) in [7, 11) is 0. The third-order valence-electron chi connectivity index (χ3n) is 4.59. The van der Waals surface area contributed by atoms with E-state index < -0.39 is 6.04 Å². The minimum absolute atomic E-state index is 0. The molecule has 2 amide bonds. The van der Waals surface area contributed by atoms with Gasteiger partial charge in [0, 0.05) is 13.1 Å². The molecule has 1 saturated heterocycles. The zero-order chi connectivity index (χ0) is 17.5. The van der Waals surface area contributed by atoms with Gasteiger partial charge < -0.3 is 10.6 Å². The molecule has 1 fully saturated rings.